The largest absolute Gasteiger partial charge is 0.460 e. The van der Waals surface area contributed by atoms with Gasteiger partial charge in [0.05, 0.1) is 11.3 Å². The van der Waals surface area contributed by atoms with Gasteiger partial charge in [0.2, 0.25) is 5.91 Å². The number of ether oxygens (including phenoxy) is 1. The molecule has 0 bridgehead atoms. The summed E-state index contributed by atoms with van der Waals surface area (Å²) in [6.45, 7) is 5.06. The van der Waals surface area contributed by atoms with Gasteiger partial charge in [-0.3, -0.25) is 19.4 Å². The monoisotopic (exact) mass is 511 g/mol. The smallest absolute Gasteiger partial charge is 0.418 e. The highest BCUT2D eigenvalue weighted by Gasteiger charge is 2.39. The molecule has 3 rings (SSSR count). The molecule has 2 amide bonds. The normalized spacial score (nSPS) is 14.6. The fraction of sp³-hybridized carbons (Fsp3) is 0.417. The van der Waals surface area contributed by atoms with Crippen LogP contribution in [-0.4, -0.2) is 39.3 Å². The van der Waals surface area contributed by atoms with Crippen LogP contribution >= 0.6 is 11.6 Å². The van der Waals surface area contributed by atoms with Crippen molar-refractivity contribution in [3.8, 4) is 11.3 Å². The van der Waals surface area contributed by atoms with E-state index in [4.69, 9.17) is 22.1 Å². The third-order valence-electron chi connectivity index (χ3n) is 5.42. The molecule has 11 heteroatoms. The minimum Gasteiger partial charge on any atom is -0.460 e. The molecule has 2 N–H and O–H groups in total. The molecule has 1 unspecified atom stereocenters. The first-order valence-corrected chi connectivity index (χ1v) is 11.3. The zero-order valence-corrected chi connectivity index (χ0v) is 20.2. The molecule has 2 heterocycles. The Kier molecular flexibility index (Phi) is 7.45. The number of primary amides is 1. The van der Waals surface area contributed by atoms with Crippen LogP contribution in [-0.2, 0) is 32.9 Å². The van der Waals surface area contributed by atoms with Gasteiger partial charge in [0, 0.05) is 36.2 Å². The van der Waals surface area contributed by atoms with Crippen LogP contribution in [0.15, 0.2) is 30.5 Å². The number of esters is 1. The van der Waals surface area contributed by atoms with Gasteiger partial charge in [-0.1, -0.05) is 6.07 Å². The van der Waals surface area contributed by atoms with Gasteiger partial charge in [0.15, 0.2) is 0 Å². The summed E-state index contributed by atoms with van der Waals surface area (Å²) in [6, 6.07) is 4.33. The number of hydrogen-bond donors (Lipinski definition) is 1. The van der Waals surface area contributed by atoms with Gasteiger partial charge in [0.1, 0.15) is 11.6 Å². The quantitative estimate of drug-likeness (QED) is 0.437. The van der Waals surface area contributed by atoms with Gasteiger partial charge in [-0.05, 0) is 56.5 Å². The van der Waals surface area contributed by atoms with E-state index in [2.05, 4.69) is 4.98 Å². The van der Waals surface area contributed by atoms with Crippen molar-refractivity contribution in [3.63, 3.8) is 0 Å². The van der Waals surface area contributed by atoms with Crippen LogP contribution in [0, 0.1) is 0 Å². The molecule has 0 saturated heterocycles. The lowest BCUT2D eigenvalue weighted by molar-refractivity contribution is -0.155. The molecule has 7 nitrogen and oxygen atoms in total. The number of alkyl halides is 4. The van der Waals surface area contributed by atoms with Crippen LogP contribution in [0.5, 0.6) is 0 Å². The molecule has 1 aliphatic rings. The van der Waals surface area contributed by atoms with Crippen molar-refractivity contribution in [2.24, 2.45) is 5.73 Å². The van der Waals surface area contributed by atoms with Gasteiger partial charge >= 0.3 is 12.1 Å². The molecule has 0 radical (unpaired) electrons. The number of amides is 2. The predicted octanol–water partition coefficient (Wildman–Crippen LogP) is 4.44. The van der Waals surface area contributed by atoms with Crippen LogP contribution in [0.2, 0.25) is 0 Å². The SMILES string of the molecule is CC(C)(C)OC(=O)CCC(C(N)=O)N1Cc2cc(-c3nccc(CCl)c3C(F)(F)F)ccc2C1=O. The third-order valence-corrected chi connectivity index (χ3v) is 5.71. The van der Waals surface area contributed by atoms with E-state index >= 15 is 0 Å². The highest BCUT2D eigenvalue weighted by molar-refractivity contribution is 6.17. The van der Waals surface area contributed by atoms with E-state index < -0.39 is 41.2 Å². The second-order valence-electron chi connectivity index (χ2n) is 9.17. The number of rotatable bonds is 7. The zero-order valence-electron chi connectivity index (χ0n) is 19.4. The maximum Gasteiger partial charge on any atom is 0.418 e. The van der Waals surface area contributed by atoms with Gasteiger partial charge in [-0.15, -0.1) is 11.6 Å². The Morgan fingerprint density at radius 2 is 1.91 bits per heavy atom. The average molecular weight is 512 g/mol. The lowest BCUT2D eigenvalue weighted by Gasteiger charge is -2.25. The van der Waals surface area contributed by atoms with Gasteiger partial charge < -0.3 is 15.4 Å². The zero-order chi connectivity index (χ0) is 26.1. The third kappa shape index (κ3) is 5.93. The van der Waals surface area contributed by atoms with Gasteiger partial charge in [0.25, 0.3) is 5.91 Å². The number of fused-ring (bicyclic) bond motifs is 1. The van der Waals surface area contributed by atoms with Crippen LogP contribution in [0.25, 0.3) is 11.3 Å². The first-order valence-electron chi connectivity index (χ1n) is 10.8. The molecule has 1 aromatic carbocycles. The summed E-state index contributed by atoms with van der Waals surface area (Å²) < 4.78 is 46.6. The molecule has 0 aliphatic carbocycles. The summed E-state index contributed by atoms with van der Waals surface area (Å²) in [4.78, 5) is 42.3. The average Bonchev–Trinajstić information content (AvgIpc) is 3.06. The van der Waals surface area contributed by atoms with E-state index in [0.717, 1.165) is 0 Å². The molecule has 1 atom stereocenters. The number of pyridine rings is 1. The van der Waals surface area contributed by atoms with Gasteiger partial charge in [-0.2, -0.15) is 13.2 Å². The van der Waals surface area contributed by atoms with Crippen LogP contribution in [0.1, 0.15) is 60.7 Å². The highest BCUT2D eigenvalue weighted by Crippen LogP contribution is 2.40. The van der Waals surface area contributed by atoms with E-state index in [-0.39, 0.29) is 47.7 Å². The molecular weight excluding hydrogens is 487 g/mol. The number of nitrogens with zero attached hydrogens (tertiary/aromatic N) is 2. The number of benzene rings is 1. The van der Waals surface area contributed by atoms with Crippen LogP contribution in [0.4, 0.5) is 13.2 Å². The number of carbonyl (C=O) groups is 3. The van der Waals surface area contributed by atoms with E-state index in [1.54, 1.807) is 20.8 Å². The van der Waals surface area contributed by atoms with Crippen molar-refractivity contribution in [3.05, 3.63) is 52.7 Å². The molecule has 35 heavy (non-hydrogen) atoms. The topological polar surface area (TPSA) is 103 Å². The molecule has 0 spiro atoms. The van der Waals surface area contributed by atoms with Crippen molar-refractivity contribution >= 4 is 29.4 Å². The fourth-order valence-corrected chi connectivity index (χ4v) is 4.21. The standard InChI is InChI=1S/C24H25ClF3N3O4/c1-23(2,3)35-18(32)7-6-17(21(29)33)31-12-15-10-13(4-5-16(15)22(31)34)20-19(24(26,27)28)14(11-25)8-9-30-20/h4-5,8-10,17H,6-7,11-12H2,1-3H3,(H2,29,33). The number of nitrogens with two attached hydrogens (primary N) is 1. The lowest BCUT2D eigenvalue weighted by atomic mass is 9.98. The van der Waals surface area contributed by atoms with E-state index in [1.807, 2.05) is 0 Å². The fourth-order valence-electron chi connectivity index (χ4n) is 3.99. The second kappa shape index (κ2) is 9.85. The first kappa shape index (κ1) is 26.5. The summed E-state index contributed by atoms with van der Waals surface area (Å²) in [5, 5.41) is 0. The van der Waals surface area contributed by atoms with Gasteiger partial charge in [-0.25, -0.2) is 0 Å². The Labute approximate surface area is 205 Å². The van der Waals surface area contributed by atoms with Crippen molar-refractivity contribution in [1.82, 2.24) is 9.88 Å². The minimum absolute atomic E-state index is 0.0472. The molecule has 1 aromatic heterocycles. The Bertz CT molecular complexity index is 1160. The minimum atomic E-state index is -4.69. The molecule has 0 fully saturated rings. The lowest BCUT2D eigenvalue weighted by Crippen LogP contribution is -2.45. The number of aromatic nitrogens is 1. The number of halogens is 4. The molecule has 188 valence electrons. The summed E-state index contributed by atoms with van der Waals surface area (Å²) in [5.41, 5.74) is 4.26. The second-order valence-corrected chi connectivity index (χ2v) is 9.44. The summed E-state index contributed by atoms with van der Waals surface area (Å²) >= 11 is 5.73. The van der Waals surface area contributed by atoms with Crippen molar-refractivity contribution in [2.45, 2.75) is 63.9 Å². The van der Waals surface area contributed by atoms with E-state index in [9.17, 15) is 27.6 Å². The highest BCUT2D eigenvalue weighted by atomic mass is 35.5. The Hall–Kier alpha value is -3.14. The van der Waals surface area contributed by atoms with Crippen LogP contribution < -0.4 is 5.73 Å². The maximum absolute atomic E-state index is 13.8. The Morgan fingerprint density at radius 1 is 1.23 bits per heavy atom. The molecular formula is C24H25ClF3N3O4. The molecule has 0 saturated carbocycles. The Morgan fingerprint density at radius 3 is 2.49 bits per heavy atom. The summed E-state index contributed by atoms with van der Waals surface area (Å²) in [5.74, 6) is -2.19. The van der Waals surface area contributed by atoms with Crippen molar-refractivity contribution in [1.29, 1.82) is 0 Å². The van der Waals surface area contributed by atoms with E-state index in [0.29, 0.717) is 5.56 Å². The molecule has 2 aromatic rings. The summed E-state index contributed by atoms with van der Waals surface area (Å²) in [7, 11) is 0. The van der Waals surface area contributed by atoms with E-state index in [1.165, 1.54) is 35.4 Å². The number of hydrogen-bond acceptors (Lipinski definition) is 5. The van der Waals surface area contributed by atoms with Crippen molar-refractivity contribution in [2.75, 3.05) is 0 Å². The molecule has 1 aliphatic heterocycles. The van der Waals surface area contributed by atoms with Crippen LogP contribution in [0.3, 0.4) is 0 Å². The summed E-state index contributed by atoms with van der Waals surface area (Å²) in [6.07, 6.45) is -3.63. The predicted molar refractivity (Wildman–Crippen MR) is 122 cm³/mol. The first-order chi connectivity index (χ1) is 16.2. The Balaban J connectivity index is 1.89. The maximum atomic E-state index is 13.8. The van der Waals surface area contributed by atoms with Crippen molar-refractivity contribution < 1.29 is 32.3 Å². The number of carbonyl (C=O) groups excluding carboxylic acids is 3.